The summed E-state index contributed by atoms with van der Waals surface area (Å²) in [6.45, 7) is 5.47. The fourth-order valence-electron chi connectivity index (χ4n) is 4.83. The van der Waals surface area contributed by atoms with Crippen molar-refractivity contribution in [3.63, 3.8) is 0 Å². The molecule has 4 aromatic rings. The number of nitrogens with one attached hydrogen (secondary N) is 1. The number of hydrogen-bond acceptors (Lipinski definition) is 4. The van der Waals surface area contributed by atoms with Gasteiger partial charge in [0.05, 0.1) is 6.54 Å². The van der Waals surface area contributed by atoms with Crippen molar-refractivity contribution in [2.24, 2.45) is 0 Å². The zero-order valence-electron chi connectivity index (χ0n) is 23.1. The lowest BCUT2D eigenvalue weighted by molar-refractivity contribution is -0.0494. The van der Waals surface area contributed by atoms with Crippen LogP contribution in [-0.2, 0) is 11.3 Å². The summed E-state index contributed by atoms with van der Waals surface area (Å²) in [5.41, 5.74) is 3.21. The second kappa shape index (κ2) is 11.0. The van der Waals surface area contributed by atoms with Crippen LogP contribution in [0.5, 0.6) is 0 Å². The zero-order chi connectivity index (χ0) is 29.4. The molecule has 1 aliphatic rings. The second-order valence-electron chi connectivity index (χ2n) is 11.2. The summed E-state index contributed by atoms with van der Waals surface area (Å²) < 4.78 is 52.6. The van der Waals surface area contributed by atoms with Crippen LogP contribution >= 0.6 is 0 Å². The molecule has 1 N–H and O–H groups in total. The van der Waals surface area contributed by atoms with Crippen molar-refractivity contribution >= 4 is 23.0 Å². The van der Waals surface area contributed by atoms with Crippen LogP contribution in [0, 0.1) is 5.82 Å². The summed E-state index contributed by atoms with van der Waals surface area (Å²) in [5.74, 6) is -2.90. The normalized spacial score (nSPS) is 15.1. The van der Waals surface area contributed by atoms with Gasteiger partial charge in [-0.1, -0.05) is 24.3 Å². The number of likely N-dealkylation sites (tertiary alicyclic amines) is 1. The SMILES string of the molecule is CC(C)(C)OC(=O)NCc1cc2cc(-c3ccc(C(=O)N4CCC(F)(F)CC4)cc3)cc(-c3cccc(F)c3)c2o1. The van der Waals surface area contributed by atoms with Crippen molar-refractivity contribution in [1.82, 2.24) is 10.2 Å². The Labute approximate surface area is 236 Å². The summed E-state index contributed by atoms with van der Waals surface area (Å²) in [5, 5.41) is 3.43. The molecule has 0 bridgehead atoms. The van der Waals surface area contributed by atoms with Gasteiger partial charge in [-0.15, -0.1) is 0 Å². The fraction of sp³-hybridized carbons (Fsp3) is 0.312. The Morgan fingerprint density at radius 2 is 1.66 bits per heavy atom. The van der Waals surface area contributed by atoms with Crippen LogP contribution in [-0.4, -0.2) is 41.5 Å². The van der Waals surface area contributed by atoms with Gasteiger partial charge in [0.25, 0.3) is 11.8 Å². The van der Waals surface area contributed by atoms with Gasteiger partial charge in [0.2, 0.25) is 0 Å². The highest BCUT2D eigenvalue weighted by Gasteiger charge is 2.35. The Kier molecular flexibility index (Phi) is 7.55. The van der Waals surface area contributed by atoms with Crippen LogP contribution in [0.15, 0.2) is 71.1 Å². The maximum absolute atomic E-state index is 14.2. The minimum Gasteiger partial charge on any atom is -0.459 e. The predicted octanol–water partition coefficient (Wildman–Crippen LogP) is 7.80. The molecule has 1 aliphatic heterocycles. The number of nitrogens with zero attached hydrogens (tertiary/aromatic N) is 1. The van der Waals surface area contributed by atoms with Gasteiger partial charge in [0.15, 0.2) is 0 Å². The third kappa shape index (κ3) is 6.73. The monoisotopic (exact) mass is 564 g/mol. The molecule has 3 aromatic carbocycles. The van der Waals surface area contributed by atoms with Gasteiger partial charge < -0.3 is 19.4 Å². The number of furan rings is 1. The van der Waals surface area contributed by atoms with Gasteiger partial charge in [-0.3, -0.25) is 4.79 Å². The highest BCUT2D eigenvalue weighted by atomic mass is 19.3. The maximum Gasteiger partial charge on any atom is 0.408 e. The maximum atomic E-state index is 14.2. The number of amides is 2. The summed E-state index contributed by atoms with van der Waals surface area (Å²) in [6.07, 6.45) is -1.24. The molecule has 9 heteroatoms. The molecule has 0 radical (unpaired) electrons. The lowest BCUT2D eigenvalue weighted by Crippen LogP contribution is -2.42. The van der Waals surface area contributed by atoms with E-state index in [2.05, 4.69) is 5.32 Å². The Morgan fingerprint density at radius 1 is 0.951 bits per heavy atom. The molecular formula is C32H31F3N2O4. The van der Waals surface area contributed by atoms with E-state index in [4.69, 9.17) is 9.15 Å². The Bertz CT molecular complexity index is 1580. The average Bonchev–Trinajstić information content (AvgIpc) is 3.33. The van der Waals surface area contributed by atoms with E-state index in [0.29, 0.717) is 28.0 Å². The third-order valence-corrected chi connectivity index (χ3v) is 6.86. The highest BCUT2D eigenvalue weighted by molar-refractivity contribution is 5.98. The van der Waals surface area contributed by atoms with Gasteiger partial charge in [0, 0.05) is 42.4 Å². The van der Waals surface area contributed by atoms with Crippen LogP contribution in [0.3, 0.4) is 0 Å². The zero-order valence-corrected chi connectivity index (χ0v) is 23.1. The van der Waals surface area contributed by atoms with Crippen molar-refractivity contribution in [3.8, 4) is 22.3 Å². The molecule has 0 saturated carbocycles. The minimum absolute atomic E-state index is 0.0207. The summed E-state index contributed by atoms with van der Waals surface area (Å²) in [6, 6.07) is 18.8. The number of alkyl halides is 2. The standard InChI is InChI=1S/C32H31F3N2O4/c1-31(2,3)41-30(39)36-19-26-17-24-15-23(18-27(28(24)40-26)22-5-4-6-25(33)16-22)20-7-9-21(10-8-20)29(38)37-13-11-32(34,35)12-14-37/h4-10,15-18H,11-14,19H2,1-3H3,(H,36,39). The van der Waals surface area contributed by atoms with Crippen LogP contribution in [0.1, 0.15) is 49.7 Å². The molecule has 1 saturated heterocycles. The number of piperidine rings is 1. The van der Waals surface area contributed by atoms with E-state index in [1.807, 2.05) is 18.2 Å². The van der Waals surface area contributed by atoms with Crippen molar-refractivity contribution in [3.05, 3.63) is 83.9 Å². The van der Waals surface area contributed by atoms with Gasteiger partial charge in [0.1, 0.15) is 22.8 Å². The molecule has 0 aliphatic carbocycles. The Morgan fingerprint density at radius 3 is 2.32 bits per heavy atom. The lowest BCUT2D eigenvalue weighted by atomic mass is 9.96. The van der Waals surface area contributed by atoms with Crippen molar-refractivity contribution < 1.29 is 31.9 Å². The van der Waals surface area contributed by atoms with Crippen LogP contribution in [0.4, 0.5) is 18.0 Å². The van der Waals surface area contributed by atoms with Crippen molar-refractivity contribution in [1.29, 1.82) is 0 Å². The van der Waals surface area contributed by atoms with E-state index in [0.717, 1.165) is 16.5 Å². The number of ether oxygens (including phenoxy) is 1. The number of rotatable bonds is 5. The van der Waals surface area contributed by atoms with E-state index in [9.17, 15) is 22.8 Å². The summed E-state index contributed by atoms with van der Waals surface area (Å²) >= 11 is 0. The largest absolute Gasteiger partial charge is 0.459 e. The van der Waals surface area contributed by atoms with Gasteiger partial charge >= 0.3 is 6.09 Å². The first kappa shape index (κ1) is 28.3. The molecular weight excluding hydrogens is 533 g/mol. The second-order valence-corrected chi connectivity index (χ2v) is 11.2. The number of fused-ring (bicyclic) bond motifs is 1. The molecule has 214 valence electrons. The molecule has 0 unspecified atom stereocenters. The van der Waals surface area contributed by atoms with Crippen molar-refractivity contribution in [2.75, 3.05) is 13.1 Å². The molecule has 2 amide bonds. The molecule has 0 atom stereocenters. The fourth-order valence-corrected chi connectivity index (χ4v) is 4.83. The van der Waals surface area contributed by atoms with E-state index < -0.39 is 23.4 Å². The highest BCUT2D eigenvalue weighted by Crippen LogP contribution is 2.36. The van der Waals surface area contributed by atoms with Crippen LogP contribution < -0.4 is 5.32 Å². The molecule has 1 fully saturated rings. The topological polar surface area (TPSA) is 71.8 Å². The van der Waals surface area contributed by atoms with Crippen molar-refractivity contribution in [2.45, 2.75) is 51.7 Å². The van der Waals surface area contributed by atoms with E-state index >= 15 is 0 Å². The number of hydrogen-bond donors (Lipinski definition) is 1. The molecule has 41 heavy (non-hydrogen) atoms. The van der Waals surface area contributed by atoms with E-state index in [-0.39, 0.29) is 38.4 Å². The van der Waals surface area contributed by atoms with Crippen LogP contribution in [0.2, 0.25) is 0 Å². The number of carbonyl (C=O) groups excluding carboxylic acids is 2. The molecule has 0 spiro atoms. The van der Waals surface area contributed by atoms with E-state index in [1.165, 1.54) is 17.0 Å². The number of carbonyl (C=O) groups is 2. The number of halogens is 3. The lowest BCUT2D eigenvalue weighted by Gasteiger charge is -2.31. The van der Waals surface area contributed by atoms with Crippen LogP contribution in [0.25, 0.3) is 33.2 Å². The molecule has 1 aromatic heterocycles. The smallest absolute Gasteiger partial charge is 0.408 e. The first-order valence-corrected chi connectivity index (χ1v) is 13.4. The quantitative estimate of drug-likeness (QED) is 0.269. The summed E-state index contributed by atoms with van der Waals surface area (Å²) in [7, 11) is 0. The molecule has 5 rings (SSSR count). The Hall–Kier alpha value is -4.27. The first-order chi connectivity index (χ1) is 19.4. The number of benzene rings is 3. The number of alkyl carbamates (subject to hydrolysis) is 1. The Balaban J connectivity index is 1.44. The molecule has 6 nitrogen and oxygen atoms in total. The third-order valence-electron chi connectivity index (χ3n) is 6.86. The summed E-state index contributed by atoms with van der Waals surface area (Å²) in [4.78, 5) is 26.5. The predicted molar refractivity (Wildman–Crippen MR) is 150 cm³/mol. The van der Waals surface area contributed by atoms with Gasteiger partial charge in [-0.25, -0.2) is 18.0 Å². The average molecular weight is 565 g/mol. The first-order valence-electron chi connectivity index (χ1n) is 13.4. The van der Waals surface area contributed by atoms with Gasteiger partial charge in [-0.2, -0.15) is 0 Å². The minimum atomic E-state index is -2.72. The molecule has 2 heterocycles. The van der Waals surface area contributed by atoms with Gasteiger partial charge in [-0.05, 0) is 79.9 Å². The van der Waals surface area contributed by atoms with E-state index in [1.54, 1.807) is 57.2 Å².